The van der Waals surface area contributed by atoms with Crippen molar-refractivity contribution in [3.05, 3.63) is 29.3 Å². The molecule has 6 heterocycles. The van der Waals surface area contributed by atoms with Crippen LogP contribution in [0, 0.1) is 0 Å². The van der Waals surface area contributed by atoms with Gasteiger partial charge in [0.1, 0.15) is 48.5 Å². The molecule has 24 nitrogen and oxygen atoms in total. The van der Waals surface area contributed by atoms with Crippen LogP contribution in [-0.4, -0.2) is 119 Å². The van der Waals surface area contributed by atoms with Gasteiger partial charge in [0.05, 0.1) is 25.9 Å². The number of phosphoric acid groups is 2. The molecular weight excluding hydrogens is 666 g/mol. The largest absolute Gasteiger partial charge is 0.472 e. The molecule has 2 aliphatic rings. The second kappa shape index (κ2) is 12.0. The molecule has 46 heavy (non-hydrogen) atoms. The molecule has 0 bridgehead atoms. The molecule has 2 fully saturated rings. The Kier molecular flexibility index (Phi) is 8.43. The van der Waals surface area contributed by atoms with Crippen molar-refractivity contribution in [2.45, 2.75) is 49.1 Å². The quantitative estimate of drug-likeness (QED) is 0.0731. The number of aliphatic hydroxyl groups excluding tert-OH is 3. The molecular formula is C20H26N10O14P2. The minimum absolute atomic E-state index is 0.00529. The number of H-pyrrole nitrogens is 1. The average Bonchev–Trinajstić information content (AvgIpc) is 3.73. The summed E-state index contributed by atoms with van der Waals surface area (Å²) in [6.45, 7) is -1.77. The maximum absolute atomic E-state index is 13.0. The number of nitrogen functional groups attached to an aromatic ring is 2. The number of aliphatic hydroxyl groups is 3. The number of rotatable bonds is 10. The van der Waals surface area contributed by atoms with Crippen LogP contribution in [0.4, 0.5) is 11.8 Å². The van der Waals surface area contributed by atoms with Gasteiger partial charge in [0.15, 0.2) is 35.1 Å². The van der Waals surface area contributed by atoms with E-state index in [9.17, 15) is 43.9 Å². The molecule has 0 radical (unpaired) electrons. The van der Waals surface area contributed by atoms with Crippen molar-refractivity contribution in [1.29, 1.82) is 0 Å². The van der Waals surface area contributed by atoms with E-state index in [0.29, 0.717) is 0 Å². The number of imidazole rings is 2. The van der Waals surface area contributed by atoms with E-state index in [-0.39, 0.29) is 34.1 Å². The van der Waals surface area contributed by atoms with E-state index in [0.717, 1.165) is 23.5 Å². The summed E-state index contributed by atoms with van der Waals surface area (Å²) in [5.41, 5.74) is 10.6. The van der Waals surface area contributed by atoms with E-state index in [4.69, 9.17) is 34.5 Å². The highest BCUT2D eigenvalue weighted by Gasteiger charge is 2.52. The average molecular weight is 692 g/mol. The van der Waals surface area contributed by atoms with Crippen LogP contribution in [0.2, 0.25) is 0 Å². The zero-order valence-electron chi connectivity index (χ0n) is 22.9. The van der Waals surface area contributed by atoms with E-state index in [1.165, 1.54) is 4.57 Å². The topological polar surface area (TPSA) is 361 Å². The van der Waals surface area contributed by atoms with Gasteiger partial charge in [-0.3, -0.25) is 32.5 Å². The highest BCUT2D eigenvalue weighted by molar-refractivity contribution is 7.47. The molecule has 1 unspecified atom stereocenters. The number of nitrogens with two attached hydrogens (primary N) is 2. The lowest BCUT2D eigenvalue weighted by Crippen LogP contribution is -2.37. The lowest BCUT2D eigenvalue weighted by Gasteiger charge is -2.24. The van der Waals surface area contributed by atoms with Crippen LogP contribution in [0.5, 0.6) is 0 Å². The zero-order chi connectivity index (χ0) is 33.1. The summed E-state index contributed by atoms with van der Waals surface area (Å²) in [6.07, 6.45) is -9.66. The molecule has 0 saturated carbocycles. The molecule has 6 rings (SSSR count). The van der Waals surface area contributed by atoms with Gasteiger partial charge in [-0.15, -0.1) is 0 Å². The van der Waals surface area contributed by atoms with E-state index < -0.39 is 83.5 Å². The summed E-state index contributed by atoms with van der Waals surface area (Å²) >= 11 is 0. The fourth-order valence-electron chi connectivity index (χ4n) is 5.14. The normalized spacial score (nSPS) is 30.0. The van der Waals surface area contributed by atoms with Gasteiger partial charge in [-0.2, -0.15) is 4.98 Å². The zero-order valence-corrected chi connectivity index (χ0v) is 24.7. The monoisotopic (exact) mass is 692 g/mol. The molecule has 9 atom stereocenters. The number of anilines is 2. The lowest BCUT2D eigenvalue weighted by atomic mass is 10.1. The number of aromatic nitrogens is 8. The molecule has 0 spiro atoms. The van der Waals surface area contributed by atoms with Gasteiger partial charge < -0.3 is 50.9 Å². The van der Waals surface area contributed by atoms with E-state index in [1.54, 1.807) is 0 Å². The van der Waals surface area contributed by atoms with Crippen LogP contribution in [-0.2, 0) is 32.2 Å². The molecule has 2 saturated heterocycles. The van der Waals surface area contributed by atoms with Crippen LogP contribution in [0.25, 0.3) is 22.3 Å². The number of ether oxygens (including phenoxy) is 2. The number of fused-ring (bicyclic) bond motifs is 2. The molecule has 250 valence electrons. The Hall–Kier alpha value is -3.48. The molecule has 0 aliphatic carbocycles. The highest BCUT2D eigenvalue weighted by Crippen LogP contribution is 2.50. The first kappa shape index (κ1) is 32.5. The molecule has 26 heteroatoms. The summed E-state index contributed by atoms with van der Waals surface area (Å²) in [6, 6.07) is 0. The SMILES string of the molecule is Nc1nc2c(ncn2[C@@H]2O[C@H](CO)[C@@H](OP(=O)(O)OC[C@H]3O[C@@H](n4cnc5c(N)ncnc54)[C@H](O)[C@@H]3OP(=O)(O)O)[C@H]2O)c(=O)[nH]1. The van der Waals surface area contributed by atoms with Gasteiger partial charge in [0.25, 0.3) is 5.56 Å². The summed E-state index contributed by atoms with van der Waals surface area (Å²) in [7, 11) is -10.5. The highest BCUT2D eigenvalue weighted by atomic mass is 31.2. The fraction of sp³-hybridized carbons (Fsp3) is 0.500. The second-order valence-corrected chi connectivity index (χ2v) is 12.6. The third-order valence-corrected chi connectivity index (χ3v) is 8.60. The van der Waals surface area contributed by atoms with E-state index >= 15 is 0 Å². The Morgan fingerprint density at radius 2 is 1.50 bits per heavy atom. The van der Waals surface area contributed by atoms with Crippen molar-refractivity contribution in [1.82, 2.24) is 39.0 Å². The Labute approximate surface area is 254 Å². The number of hydrogen-bond acceptors (Lipinski definition) is 18. The van der Waals surface area contributed by atoms with Crippen LogP contribution < -0.4 is 17.0 Å². The van der Waals surface area contributed by atoms with Gasteiger partial charge in [0, 0.05) is 0 Å². The van der Waals surface area contributed by atoms with Gasteiger partial charge >= 0.3 is 15.6 Å². The van der Waals surface area contributed by atoms with E-state index in [2.05, 4.69) is 29.9 Å². The van der Waals surface area contributed by atoms with Crippen molar-refractivity contribution in [3.63, 3.8) is 0 Å². The molecule has 0 aromatic carbocycles. The van der Waals surface area contributed by atoms with Crippen molar-refractivity contribution < 1.29 is 62.2 Å². The maximum Gasteiger partial charge on any atom is 0.472 e. The molecule has 4 aromatic heterocycles. The molecule has 4 aromatic rings. The lowest BCUT2D eigenvalue weighted by molar-refractivity contribution is -0.0583. The fourth-order valence-corrected chi connectivity index (χ4v) is 6.68. The van der Waals surface area contributed by atoms with Gasteiger partial charge in [0.2, 0.25) is 5.95 Å². The van der Waals surface area contributed by atoms with Crippen molar-refractivity contribution in [2.24, 2.45) is 0 Å². The van der Waals surface area contributed by atoms with E-state index in [1.807, 2.05) is 0 Å². The van der Waals surface area contributed by atoms with Gasteiger partial charge in [-0.1, -0.05) is 0 Å². The number of hydrogen-bond donors (Lipinski definition) is 9. The van der Waals surface area contributed by atoms with Crippen LogP contribution in [0.1, 0.15) is 12.5 Å². The molecule has 0 amide bonds. The smallest absolute Gasteiger partial charge is 0.394 e. The number of aromatic amines is 1. The van der Waals surface area contributed by atoms with Crippen molar-refractivity contribution in [2.75, 3.05) is 24.7 Å². The Balaban J connectivity index is 1.19. The standard InChI is InChI=1S/C20H26N10O14P2/c21-14-8-15(24-3-23-14)29(4-25-8)18-11(33)13(43-45(35,36)37)7(42-18)2-40-46(38,39)44-12-6(1-31)41-19(10(12)32)30-5-26-9-16(30)27-20(22)28-17(9)34/h3-7,10-13,18-19,31-33H,1-2H2,(H,38,39)(H2,21,23,24)(H2,35,36,37)(H3,22,27,28,34)/t6-,7-,10-,11-,12-,13-,18-,19-/m1/s1. The van der Waals surface area contributed by atoms with Crippen molar-refractivity contribution >= 4 is 49.7 Å². The predicted molar refractivity (Wildman–Crippen MR) is 147 cm³/mol. The van der Waals surface area contributed by atoms with Crippen molar-refractivity contribution in [3.8, 4) is 0 Å². The third kappa shape index (κ3) is 6.02. The maximum atomic E-state index is 13.0. The first-order valence-electron chi connectivity index (χ1n) is 13.0. The minimum atomic E-state index is -5.26. The third-order valence-electron chi connectivity index (χ3n) is 7.10. The predicted octanol–water partition coefficient (Wildman–Crippen LogP) is -3.39. The minimum Gasteiger partial charge on any atom is -0.394 e. The summed E-state index contributed by atoms with van der Waals surface area (Å²) in [5, 5.41) is 31.7. The van der Waals surface area contributed by atoms with Crippen LogP contribution in [0.3, 0.4) is 0 Å². The molecule has 11 N–H and O–H groups in total. The summed E-state index contributed by atoms with van der Waals surface area (Å²) < 4.78 is 53.2. The Bertz CT molecular complexity index is 1910. The first-order chi connectivity index (χ1) is 21.7. The number of nitrogens with zero attached hydrogens (tertiary/aromatic N) is 7. The summed E-state index contributed by atoms with van der Waals surface area (Å²) in [4.78, 5) is 63.5. The van der Waals surface area contributed by atoms with Gasteiger partial charge in [-0.25, -0.2) is 29.1 Å². The van der Waals surface area contributed by atoms with Gasteiger partial charge in [-0.05, 0) is 0 Å². The summed E-state index contributed by atoms with van der Waals surface area (Å²) in [5.74, 6) is -0.276. The number of nitrogens with one attached hydrogen (secondary N) is 1. The second-order valence-electron chi connectivity index (χ2n) is 10.0. The molecule has 2 aliphatic heterocycles. The van der Waals surface area contributed by atoms with Crippen LogP contribution >= 0.6 is 15.6 Å². The first-order valence-corrected chi connectivity index (χ1v) is 16.0. The van der Waals surface area contributed by atoms with Crippen LogP contribution in [0.15, 0.2) is 23.8 Å². The Morgan fingerprint density at radius 1 is 0.891 bits per heavy atom. The number of phosphoric ester groups is 2. The Morgan fingerprint density at radius 3 is 2.15 bits per heavy atom.